The zero-order valence-corrected chi connectivity index (χ0v) is 17.6. The molecule has 150 valence electrons. The molecule has 2 aliphatic heterocycles. The van der Waals surface area contributed by atoms with E-state index in [9.17, 15) is 13.2 Å². The SMILES string of the molecule is CC1CN(S(=O)(=O)c2ccc(C(=O)N3CCc4sccc4C3)cc2)CC(C)O1. The molecule has 2 aromatic rings. The molecule has 0 radical (unpaired) electrons. The van der Waals surface area contributed by atoms with Gasteiger partial charge in [-0.25, -0.2) is 8.42 Å². The van der Waals surface area contributed by atoms with Crippen LogP contribution in [0.15, 0.2) is 40.6 Å². The molecule has 2 atom stereocenters. The molecule has 1 amide bonds. The highest BCUT2D eigenvalue weighted by molar-refractivity contribution is 7.89. The number of carbonyl (C=O) groups is 1. The molecule has 6 nitrogen and oxygen atoms in total. The van der Waals surface area contributed by atoms with Gasteiger partial charge in [-0.1, -0.05) is 0 Å². The number of fused-ring (bicyclic) bond motifs is 1. The molecule has 0 N–H and O–H groups in total. The minimum atomic E-state index is -3.60. The maximum absolute atomic E-state index is 12.9. The number of hydrogen-bond donors (Lipinski definition) is 0. The van der Waals surface area contributed by atoms with Crippen LogP contribution in [0.5, 0.6) is 0 Å². The number of nitrogens with zero attached hydrogens (tertiary/aromatic N) is 2. The summed E-state index contributed by atoms with van der Waals surface area (Å²) < 4.78 is 33.0. The van der Waals surface area contributed by atoms with Gasteiger partial charge in [-0.2, -0.15) is 4.31 Å². The lowest BCUT2D eigenvalue weighted by Gasteiger charge is -2.34. The number of rotatable bonds is 3. The first kappa shape index (κ1) is 19.6. The van der Waals surface area contributed by atoms with Crippen molar-refractivity contribution in [1.82, 2.24) is 9.21 Å². The van der Waals surface area contributed by atoms with E-state index in [1.54, 1.807) is 23.5 Å². The van der Waals surface area contributed by atoms with E-state index >= 15 is 0 Å². The molecule has 8 heteroatoms. The Bertz CT molecular complexity index is 958. The fraction of sp³-hybridized carbons (Fsp3) is 0.450. The van der Waals surface area contributed by atoms with Crippen molar-refractivity contribution in [2.45, 2.75) is 43.9 Å². The third-order valence-corrected chi connectivity index (χ3v) is 8.09. The summed E-state index contributed by atoms with van der Waals surface area (Å²) in [6.07, 6.45) is 0.597. The van der Waals surface area contributed by atoms with Gasteiger partial charge in [-0.15, -0.1) is 11.3 Å². The molecule has 3 heterocycles. The number of amides is 1. The fourth-order valence-electron chi connectivity index (χ4n) is 3.85. The molecule has 1 saturated heterocycles. The number of sulfonamides is 1. The van der Waals surface area contributed by atoms with E-state index in [0.29, 0.717) is 31.7 Å². The number of morpholine rings is 1. The number of carbonyl (C=O) groups excluding carboxylic acids is 1. The molecule has 0 bridgehead atoms. The number of thiophene rings is 1. The second-order valence-electron chi connectivity index (χ2n) is 7.45. The van der Waals surface area contributed by atoms with Crippen LogP contribution >= 0.6 is 11.3 Å². The van der Waals surface area contributed by atoms with Gasteiger partial charge in [0, 0.05) is 36.6 Å². The Hall–Kier alpha value is -1.74. The largest absolute Gasteiger partial charge is 0.373 e. The summed E-state index contributed by atoms with van der Waals surface area (Å²) in [6, 6.07) is 8.37. The van der Waals surface area contributed by atoms with E-state index in [-0.39, 0.29) is 23.0 Å². The number of hydrogen-bond acceptors (Lipinski definition) is 5. The molecule has 0 saturated carbocycles. The minimum Gasteiger partial charge on any atom is -0.373 e. The quantitative estimate of drug-likeness (QED) is 0.766. The van der Waals surface area contributed by atoms with Crippen LogP contribution in [-0.2, 0) is 27.7 Å². The molecule has 28 heavy (non-hydrogen) atoms. The van der Waals surface area contributed by atoms with Gasteiger partial charge in [-0.3, -0.25) is 4.79 Å². The molecule has 1 aromatic heterocycles. The van der Waals surface area contributed by atoms with Crippen molar-refractivity contribution in [1.29, 1.82) is 0 Å². The molecule has 0 spiro atoms. The Morgan fingerprint density at radius 1 is 1.11 bits per heavy atom. The summed E-state index contributed by atoms with van der Waals surface area (Å²) in [5.41, 5.74) is 1.72. The van der Waals surface area contributed by atoms with E-state index in [4.69, 9.17) is 4.74 Å². The predicted molar refractivity (Wildman–Crippen MR) is 108 cm³/mol. The summed E-state index contributed by atoms with van der Waals surface area (Å²) in [6.45, 7) is 5.72. The highest BCUT2D eigenvalue weighted by Crippen LogP contribution is 2.26. The molecule has 1 fully saturated rings. The van der Waals surface area contributed by atoms with Crippen molar-refractivity contribution in [3.05, 3.63) is 51.7 Å². The maximum Gasteiger partial charge on any atom is 0.254 e. The van der Waals surface area contributed by atoms with Crippen molar-refractivity contribution < 1.29 is 17.9 Å². The highest BCUT2D eigenvalue weighted by Gasteiger charge is 2.32. The summed E-state index contributed by atoms with van der Waals surface area (Å²) in [5, 5.41) is 2.06. The van der Waals surface area contributed by atoms with Gasteiger partial charge in [-0.05, 0) is 61.5 Å². The molecular weight excluding hydrogens is 396 g/mol. The van der Waals surface area contributed by atoms with Crippen LogP contribution < -0.4 is 0 Å². The van der Waals surface area contributed by atoms with Crippen LogP contribution in [-0.4, -0.2) is 55.4 Å². The molecular formula is C20H24N2O4S2. The van der Waals surface area contributed by atoms with E-state index in [1.807, 2.05) is 18.7 Å². The average Bonchev–Trinajstić information content (AvgIpc) is 3.14. The third-order valence-electron chi connectivity index (χ3n) is 5.22. The fourth-order valence-corrected chi connectivity index (χ4v) is 6.33. The van der Waals surface area contributed by atoms with E-state index in [2.05, 4.69) is 11.4 Å². The van der Waals surface area contributed by atoms with Gasteiger partial charge < -0.3 is 9.64 Å². The van der Waals surface area contributed by atoms with E-state index in [0.717, 1.165) is 6.42 Å². The lowest BCUT2D eigenvalue weighted by Crippen LogP contribution is -2.48. The average molecular weight is 421 g/mol. The van der Waals surface area contributed by atoms with Crippen LogP contribution in [0.2, 0.25) is 0 Å². The second-order valence-corrected chi connectivity index (χ2v) is 10.4. The molecule has 2 aliphatic rings. The van der Waals surface area contributed by atoms with E-state index < -0.39 is 10.0 Å². The lowest BCUT2D eigenvalue weighted by atomic mass is 10.1. The standard InChI is InChI=1S/C20H24N2O4S2/c1-14-11-22(12-15(2)26-14)28(24,25)18-5-3-16(4-6-18)20(23)21-9-7-19-17(13-21)8-10-27-19/h3-6,8,10,14-15H,7,9,11-13H2,1-2H3. The van der Waals surface area contributed by atoms with Gasteiger partial charge in [0.1, 0.15) is 0 Å². The first-order valence-electron chi connectivity index (χ1n) is 9.45. The normalized spacial score (nSPS) is 23.4. The van der Waals surface area contributed by atoms with E-state index in [1.165, 1.54) is 26.9 Å². The molecule has 4 rings (SSSR count). The van der Waals surface area contributed by atoms with Crippen LogP contribution in [0.1, 0.15) is 34.6 Å². The summed E-state index contributed by atoms with van der Waals surface area (Å²) >= 11 is 1.74. The van der Waals surface area contributed by atoms with Gasteiger partial charge in [0.2, 0.25) is 10.0 Å². The van der Waals surface area contributed by atoms with Crippen molar-refractivity contribution >= 4 is 27.3 Å². The predicted octanol–water partition coefficient (Wildman–Crippen LogP) is 2.74. The number of benzene rings is 1. The molecule has 2 unspecified atom stereocenters. The monoisotopic (exact) mass is 420 g/mol. The first-order valence-corrected chi connectivity index (χ1v) is 11.8. The first-order chi connectivity index (χ1) is 13.3. The summed E-state index contributed by atoms with van der Waals surface area (Å²) in [5.74, 6) is -0.0607. The van der Waals surface area contributed by atoms with Crippen LogP contribution in [0.4, 0.5) is 0 Å². The number of ether oxygens (including phenoxy) is 1. The van der Waals surface area contributed by atoms with Crippen LogP contribution in [0.25, 0.3) is 0 Å². The Morgan fingerprint density at radius 2 is 1.79 bits per heavy atom. The zero-order chi connectivity index (χ0) is 19.9. The van der Waals surface area contributed by atoms with Gasteiger partial charge in [0.25, 0.3) is 5.91 Å². The zero-order valence-electron chi connectivity index (χ0n) is 16.0. The van der Waals surface area contributed by atoms with Gasteiger partial charge in [0.15, 0.2) is 0 Å². The van der Waals surface area contributed by atoms with Crippen molar-refractivity contribution in [2.24, 2.45) is 0 Å². The van der Waals surface area contributed by atoms with Crippen molar-refractivity contribution in [3.8, 4) is 0 Å². The third kappa shape index (κ3) is 3.74. The second kappa shape index (κ2) is 7.59. The topological polar surface area (TPSA) is 66.9 Å². The van der Waals surface area contributed by atoms with Crippen LogP contribution in [0, 0.1) is 0 Å². The minimum absolute atomic E-state index is 0.0607. The van der Waals surface area contributed by atoms with Crippen molar-refractivity contribution in [3.63, 3.8) is 0 Å². The highest BCUT2D eigenvalue weighted by atomic mass is 32.2. The van der Waals surface area contributed by atoms with Crippen LogP contribution in [0.3, 0.4) is 0 Å². The Morgan fingerprint density at radius 3 is 2.46 bits per heavy atom. The maximum atomic E-state index is 12.9. The summed E-state index contributed by atoms with van der Waals surface area (Å²) in [4.78, 5) is 16.2. The summed E-state index contributed by atoms with van der Waals surface area (Å²) in [7, 11) is -3.60. The van der Waals surface area contributed by atoms with Gasteiger partial charge in [0.05, 0.1) is 17.1 Å². The smallest absolute Gasteiger partial charge is 0.254 e. The van der Waals surface area contributed by atoms with Gasteiger partial charge >= 0.3 is 0 Å². The lowest BCUT2D eigenvalue weighted by molar-refractivity contribution is -0.0440. The Balaban J connectivity index is 1.50. The Kier molecular flexibility index (Phi) is 5.30. The van der Waals surface area contributed by atoms with Crippen molar-refractivity contribution in [2.75, 3.05) is 19.6 Å². The Labute approximate surface area is 169 Å². The molecule has 1 aromatic carbocycles. The molecule has 0 aliphatic carbocycles.